The van der Waals surface area contributed by atoms with Crippen LogP contribution in [0, 0.1) is 0 Å². The molecule has 1 unspecified atom stereocenters. The van der Waals surface area contributed by atoms with E-state index in [2.05, 4.69) is 4.99 Å². The Morgan fingerprint density at radius 2 is 1.39 bits per heavy atom. The number of carbonyl (C=O) groups excluding carboxylic acids is 2. The van der Waals surface area contributed by atoms with Gasteiger partial charge in [0.15, 0.2) is 0 Å². The maximum atomic E-state index is 16.3. The van der Waals surface area contributed by atoms with Gasteiger partial charge in [-0.2, -0.15) is 8.78 Å². The van der Waals surface area contributed by atoms with E-state index in [4.69, 9.17) is 18.9 Å². The van der Waals surface area contributed by atoms with Crippen LogP contribution in [0.25, 0.3) is 0 Å². The highest BCUT2D eigenvalue weighted by atomic mass is 32.2. The molecule has 5 rings (SSSR count). The highest BCUT2D eigenvalue weighted by Crippen LogP contribution is 2.41. The Morgan fingerprint density at radius 1 is 0.848 bits per heavy atom. The molecular weight excluding hydrogens is 622 g/mol. The van der Waals surface area contributed by atoms with Crippen molar-refractivity contribution in [3.8, 4) is 0 Å². The summed E-state index contributed by atoms with van der Waals surface area (Å²) in [7, 11) is -4.01. The molecule has 0 N–H and O–H groups in total. The van der Waals surface area contributed by atoms with E-state index < -0.39 is 65.1 Å². The lowest BCUT2D eigenvalue weighted by Crippen LogP contribution is -2.50. The maximum Gasteiger partial charge on any atom is 0.347 e. The predicted octanol–water partition coefficient (Wildman–Crippen LogP) is 5.73. The van der Waals surface area contributed by atoms with Gasteiger partial charge in [0.1, 0.15) is 12.7 Å². The van der Waals surface area contributed by atoms with Crippen LogP contribution in [0.15, 0.2) is 65.7 Å². The first kappa shape index (κ1) is 33.8. The summed E-state index contributed by atoms with van der Waals surface area (Å²) in [6.07, 6.45) is 2.33. The van der Waals surface area contributed by atoms with Crippen LogP contribution in [-0.4, -0.2) is 80.1 Å². The van der Waals surface area contributed by atoms with E-state index in [-0.39, 0.29) is 17.2 Å². The first-order chi connectivity index (χ1) is 22.0. The first-order valence-corrected chi connectivity index (χ1v) is 17.6. The fourth-order valence-corrected chi connectivity index (χ4v) is 7.28. The molecule has 2 aromatic rings. The van der Waals surface area contributed by atoms with Gasteiger partial charge in [0, 0.05) is 6.04 Å². The Balaban J connectivity index is 1.45. The number of hydrogen-bond donors (Lipinski definition) is 0. The number of rotatable bonds is 9. The van der Waals surface area contributed by atoms with Gasteiger partial charge in [-0.25, -0.2) is 27.3 Å². The molecule has 0 radical (unpaired) electrons. The molecule has 1 aliphatic heterocycles. The number of nitrogens with zero attached hydrogens (tertiary/aromatic N) is 2. The van der Waals surface area contributed by atoms with Crippen LogP contribution in [0.2, 0.25) is 0 Å². The SMILES string of the molecule is CS(=O)(=O)N(C(=NC1CCCCC1)OC1O[C@H](COC(=O)c2ccccc2)[C@@H](OC(=O)c2ccccc2)C1(F)F)C1CCCCC1. The number of hydrogen-bond acceptors (Lipinski definition) is 9. The second-order valence-corrected chi connectivity index (χ2v) is 13.9. The van der Waals surface area contributed by atoms with E-state index >= 15 is 8.78 Å². The Bertz CT molecular complexity index is 1460. The van der Waals surface area contributed by atoms with Gasteiger partial charge in [0.05, 0.1) is 23.4 Å². The van der Waals surface area contributed by atoms with Crippen molar-refractivity contribution >= 4 is 28.0 Å². The first-order valence-electron chi connectivity index (χ1n) is 15.8. The lowest BCUT2D eigenvalue weighted by molar-refractivity contribution is -0.194. The monoisotopic (exact) mass is 662 g/mol. The Labute approximate surface area is 268 Å². The maximum absolute atomic E-state index is 16.3. The zero-order valence-corrected chi connectivity index (χ0v) is 26.6. The average Bonchev–Trinajstić information content (AvgIpc) is 3.28. The van der Waals surface area contributed by atoms with Gasteiger partial charge in [-0.15, -0.1) is 0 Å². The summed E-state index contributed by atoms with van der Waals surface area (Å²) >= 11 is 0. The van der Waals surface area contributed by atoms with Crippen molar-refractivity contribution in [3.05, 3.63) is 71.8 Å². The van der Waals surface area contributed by atoms with Gasteiger partial charge < -0.3 is 18.9 Å². The van der Waals surface area contributed by atoms with Gasteiger partial charge in [-0.1, -0.05) is 74.9 Å². The molecule has 2 aromatic carbocycles. The number of amidine groups is 1. The molecule has 46 heavy (non-hydrogen) atoms. The average molecular weight is 663 g/mol. The van der Waals surface area contributed by atoms with Crippen molar-refractivity contribution in [2.45, 2.75) is 101 Å². The number of ether oxygens (including phenoxy) is 4. The summed E-state index contributed by atoms with van der Waals surface area (Å²) in [5.41, 5.74) is 0.221. The Hall–Kier alpha value is -3.58. The van der Waals surface area contributed by atoms with E-state index in [1.54, 1.807) is 36.4 Å². The van der Waals surface area contributed by atoms with Gasteiger partial charge in [0.25, 0.3) is 6.29 Å². The summed E-state index contributed by atoms with van der Waals surface area (Å²) in [6, 6.07) is 14.3. The van der Waals surface area contributed by atoms with Crippen LogP contribution >= 0.6 is 0 Å². The van der Waals surface area contributed by atoms with Crippen LogP contribution in [0.5, 0.6) is 0 Å². The number of benzene rings is 2. The molecule has 2 saturated carbocycles. The summed E-state index contributed by atoms with van der Waals surface area (Å²) in [5.74, 6) is -5.81. The number of sulfonamides is 1. The molecule has 0 aromatic heterocycles. The molecule has 1 heterocycles. The van der Waals surface area contributed by atoms with E-state index in [0.29, 0.717) is 25.7 Å². The van der Waals surface area contributed by atoms with Gasteiger partial charge >= 0.3 is 23.9 Å². The minimum Gasteiger partial charge on any atom is -0.459 e. The lowest BCUT2D eigenvalue weighted by Gasteiger charge is -2.36. The third kappa shape index (κ3) is 8.22. The van der Waals surface area contributed by atoms with Gasteiger partial charge in [-0.05, 0) is 49.9 Å². The van der Waals surface area contributed by atoms with E-state index in [0.717, 1.165) is 49.1 Å². The topological polar surface area (TPSA) is 121 Å². The fraction of sp³-hybridized carbons (Fsp3) is 0.545. The molecule has 3 fully saturated rings. The summed E-state index contributed by atoms with van der Waals surface area (Å²) in [4.78, 5) is 30.2. The lowest BCUT2D eigenvalue weighted by atomic mass is 9.95. The van der Waals surface area contributed by atoms with Crippen molar-refractivity contribution in [1.29, 1.82) is 0 Å². The normalized spacial score (nSPS) is 24.2. The molecule has 0 bridgehead atoms. The molecule has 1 saturated heterocycles. The Kier molecular flexibility index (Phi) is 10.9. The molecule has 2 aliphatic carbocycles. The smallest absolute Gasteiger partial charge is 0.347 e. The van der Waals surface area contributed by atoms with Crippen LogP contribution < -0.4 is 0 Å². The van der Waals surface area contributed by atoms with Gasteiger partial charge in [0.2, 0.25) is 16.1 Å². The molecule has 3 atom stereocenters. The predicted molar refractivity (Wildman–Crippen MR) is 165 cm³/mol. The van der Waals surface area contributed by atoms with Crippen molar-refractivity contribution in [2.24, 2.45) is 4.99 Å². The zero-order valence-electron chi connectivity index (χ0n) is 25.8. The molecule has 3 aliphatic rings. The van der Waals surface area contributed by atoms with Gasteiger partial charge in [-0.3, -0.25) is 0 Å². The quantitative estimate of drug-likeness (QED) is 0.190. The van der Waals surface area contributed by atoms with Crippen molar-refractivity contribution < 1.29 is 45.7 Å². The molecular formula is C33H40F2N2O8S. The number of carbonyl (C=O) groups is 2. The minimum absolute atomic E-state index is 0.0304. The van der Waals surface area contributed by atoms with E-state index in [1.165, 1.54) is 24.3 Å². The summed E-state index contributed by atoms with van der Waals surface area (Å²) in [6.45, 7) is -0.691. The van der Waals surface area contributed by atoms with Crippen molar-refractivity contribution in [2.75, 3.05) is 12.9 Å². The number of aliphatic imine (C=N–C) groups is 1. The van der Waals surface area contributed by atoms with Crippen molar-refractivity contribution in [1.82, 2.24) is 4.31 Å². The molecule has 250 valence electrons. The third-order valence-electron chi connectivity index (χ3n) is 8.49. The summed E-state index contributed by atoms with van der Waals surface area (Å²) < 4.78 is 82.1. The molecule has 0 amide bonds. The molecule has 13 heteroatoms. The van der Waals surface area contributed by atoms with Crippen LogP contribution in [0.3, 0.4) is 0 Å². The highest BCUT2D eigenvalue weighted by Gasteiger charge is 2.64. The highest BCUT2D eigenvalue weighted by molar-refractivity contribution is 7.88. The van der Waals surface area contributed by atoms with Crippen LogP contribution in [0.4, 0.5) is 8.78 Å². The fourth-order valence-electron chi connectivity index (χ4n) is 6.15. The third-order valence-corrected chi connectivity index (χ3v) is 9.66. The number of halogens is 2. The summed E-state index contributed by atoms with van der Waals surface area (Å²) in [5, 5.41) is 0. The standard InChI is InChI=1S/C33H40F2N2O8S/c1-46(40,41)37(26-20-12-5-13-21-26)32(36-25-18-10-4-11-19-25)45-31-33(34,35)28(44-30(39)24-16-8-3-9-17-24)27(43-31)22-42-29(38)23-14-6-2-7-15-23/h2-3,6-9,14-17,25-28,31H,4-5,10-13,18-22H2,1H3/t27-,28-,31?/m1/s1. The largest absolute Gasteiger partial charge is 0.459 e. The second-order valence-electron chi connectivity index (χ2n) is 12.0. The molecule has 10 nitrogen and oxygen atoms in total. The second kappa shape index (κ2) is 14.9. The van der Waals surface area contributed by atoms with Crippen LogP contribution in [0.1, 0.15) is 84.9 Å². The van der Waals surface area contributed by atoms with Crippen LogP contribution in [-0.2, 0) is 29.0 Å². The molecule has 0 spiro atoms. The van der Waals surface area contributed by atoms with Crippen molar-refractivity contribution in [3.63, 3.8) is 0 Å². The van der Waals surface area contributed by atoms with E-state index in [9.17, 15) is 18.0 Å². The number of alkyl halides is 2. The minimum atomic E-state index is -4.01. The Morgan fingerprint density at radius 3 is 1.96 bits per heavy atom. The zero-order chi connectivity index (χ0) is 32.7. The van der Waals surface area contributed by atoms with E-state index in [1.807, 2.05) is 0 Å². The number of esters is 2.